The molecule has 5 heteroatoms. The molecule has 0 saturated heterocycles. The van der Waals surface area contributed by atoms with Gasteiger partial charge >= 0.3 is 11.9 Å². The third kappa shape index (κ3) is 17.5. The number of esters is 2. The third-order valence-corrected chi connectivity index (χ3v) is 3.93. The fraction of sp³-hybridized carbons (Fsp3) is 0.900. The summed E-state index contributed by atoms with van der Waals surface area (Å²) in [4.78, 5) is 23.1. The van der Waals surface area contributed by atoms with E-state index >= 15 is 0 Å². The maximum absolute atomic E-state index is 11.6. The Labute approximate surface area is 153 Å². The van der Waals surface area contributed by atoms with Crippen LogP contribution in [0.3, 0.4) is 0 Å². The Morgan fingerprint density at radius 2 is 1.24 bits per heavy atom. The van der Waals surface area contributed by atoms with Gasteiger partial charge < -0.3 is 14.2 Å². The molecule has 0 rings (SSSR count). The van der Waals surface area contributed by atoms with Gasteiger partial charge in [-0.25, -0.2) is 0 Å². The van der Waals surface area contributed by atoms with E-state index in [-0.39, 0.29) is 11.9 Å². The monoisotopic (exact) mass is 358 g/mol. The number of rotatable bonds is 16. The zero-order valence-electron chi connectivity index (χ0n) is 16.7. The second-order valence-corrected chi connectivity index (χ2v) is 7.27. The van der Waals surface area contributed by atoms with Gasteiger partial charge in [-0.3, -0.25) is 9.59 Å². The smallest absolute Gasteiger partial charge is 0.305 e. The van der Waals surface area contributed by atoms with Crippen LogP contribution in [0.25, 0.3) is 0 Å². The molecule has 5 nitrogen and oxygen atoms in total. The molecule has 0 bridgehead atoms. The quantitative estimate of drug-likeness (QED) is 0.300. The van der Waals surface area contributed by atoms with Gasteiger partial charge in [-0.05, 0) is 31.1 Å². The van der Waals surface area contributed by atoms with Crippen LogP contribution in [0.1, 0.15) is 78.6 Å². The largest absolute Gasteiger partial charge is 0.465 e. The zero-order chi connectivity index (χ0) is 18.9. The van der Waals surface area contributed by atoms with Gasteiger partial charge in [-0.15, -0.1) is 0 Å². The molecule has 0 heterocycles. The Hall–Kier alpha value is -1.10. The van der Waals surface area contributed by atoms with Crippen LogP contribution in [0.4, 0.5) is 0 Å². The summed E-state index contributed by atoms with van der Waals surface area (Å²) in [7, 11) is 1.68. The summed E-state index contributed by atoms with van der Waals surface area (Å²) < 4.78 is 15.4. The Balaban J connectivity index is 3.37. The van der Waals surface area contributed by atoms with E-state index in [1.54, 1.807) is 7.11 Å². The Morgan fingerprint density at radius 3 is 1.72 bits per heavy atom. The lowest BCUT2D eigenvalue weighted by atomic mass is 10.1. The van der Waals surface area contributed by atoms with Gasteiger partial charge in [-0.1, -0.05) is 46.5 Å². The molecule has 0 aliphatic carbocycles. The molecular formula is C20H38O5. The van der Waals surface area contributed by atoms with E-state index in [2.05, 4.69) is 6.92 Å². The molecule has 148 valence electrons. The summed E-state index contributed by atoms with van der Waals surface area (Å²) >= 11 is 0. The molecule has 0 N–H and O–H groups in total. The van der Waals surface area contributed by atoms with Gasteiger partial charge in [0.25, 0.3) is 0 Å². The van der Waals surface area contributed by atoms with Crippen LogP contribution in [0.5, 0.6) is 0 Å². The average molecular weight is 359 g/mol. The normalized spacial score (nSPS) is 12.2. The first kappa shape index (κ1) is 23.9. The summed E-state index contributed by atoms with van der Waals surface area (Å²) in [5.74, 6) is 0.550. The second kappa shape index (κ2) is 16.4. The first-order valence-electron chi connectivity index (χ1n) is 9.75. The van der Waals surface area contributed by atoms with Crippen molar-refractivity contribution in [2.75, 3.05) is 26.9 Å². The van der Waals surface area contributed by atoms with Crippen molar-refractivity contribution in [1.29, 1.82) is 0 Å². The lowest BCUT2D eigenvalue weighted by Gasteiger charge is -2.11. The highest BCUT2D eigenvalue weighted by atomic mass is 16.5. The first-order valence-corrected chi connectivity index (χ1v) is 9.75. The number of carbonyl (C=O) groups excluding carboxylic acids is 2. The Bertz CT molecular complexity index is 341. The van der Waals surface area contributed by atoms with Crippen LogP contribution in [0.2, 0.25) is 0 Å². The molecule has 0 amide bonds. The molecular weight excluding hydrogens is 320 g/mol. The second-order valence-electron chi connectivity index (χ2n) is 7.27. The number of ether oxygens (including phenoxy) is 3. The van der Waals surface area contributed by atoms with Gasteiger partial charge in [0, 0.05) is 26.6 Å². The summed E-state index contributed by atoms with van der Waals surface area (Å²) in [5, 5.41) is 0. The fourth-order valence-electron chi connectivity index (χ4n) is 2.29. The SMILES string of the molecule is COCCC(C)COC(=O)CCCCCCCCC(=O)OCC(C)C. The van der Waals surface area contributed by atoms with E-state index in [9.17, 15) is 9.59 Å². The van der Waals surface area contributed by atoms with Crippen molar-refractivity contribution in [2.24, 2.45) is 11.8 Å². The highest BCUT2D eigenvalue weighted by molar-refractivity contribution is 5.69. The predicted molar refractivity (Wildman–Crippen MR) is 99.3 cm³/mol. The lowest BCUT2D eigenvalue weighted by Crippen LogP contribution is -2.13. The first-order chi connectivity index (χ1) is 12.0. The van der Waals surface area contributed by atoms with E-state index in [1.807, 2.05) is 13.8 Å². The molecule has 0 aliphatic heterocycles. The third-order valence-electron chi connectivity index (χ3n) is 3.93. The fourth-order valence-corrected chi connectivity index (χ4v) is 2.29. The van der Waals surface area contributed by atoms with Gasteiger partial charge in [-0.2, -0.15) is 0 Å². The minimum absolute atomic E-state index is 0.0869. The molecule has 0 aromatic heterocycles. The molecule has 1 atom stereocenters. The summed E-state index contributed by atoms with van der Waals surface area (Å²) in [6, 6.07) is 0. The van der Waals surface area contributed by atoms with Crippen LogP contribution in [0, 0.1) is 11.8 Å². The topological polar surface area (TPSA) is 61.8 Å². The maximum atomic E-state index is 11.6. The Morgan fingerprint density at radius 1 is 0.760 bits per heavy atom. The minimum Gasteiger partial charge on any atom is -0.465 e. The van der Waals surface area contributed by atoms with E-state index in [0.717, 1.165) is 44.9 Å². The summed E-state index contributed by atoms with van der Waals surface area (Å²) in [6.45, 7) is 7.82. The van der Waals surface area contributed by atoms with Crippen molar-refractivity contribution in [3.63, 3.8) is 0 Å². The molecule has 0 fully saturated rings. The number of unbranched alkanes of at least 4 members (excludes halogenated alkanes) is 5. The predicted octanol–water partition coefficient (Wildman–Crippen LogP) is 4.52. The number of methoxy groups -OCH3 is 1. The molecule has 1 unspecified atom stereocenters. The van der Waals surface area contributed by atoms with E-state index < -0.39 is 0 Å². The standard InChI is InChI=1S/C20H38O5/c1-17(2)15-24-19(21)11-9-7-5-6-8-10-12-20(22)25-16-18(3)13-14-23-4/h17-18H,5-16H2,1-4H3. The number of hydrogen-bond acceptors (Lipinski definition) is 5. The molecule has 0 spiro atoms. The minimum atomic E-state index is -0.0998. The summed E-state index contributed by atoms with van der Waals surface area (Å²) in [6.07, 6.45) is 7.96. The molecule has 0 aromatic rings. The Kier molecular flexibility index (Phi) is 15.7. The van der Waals surface area contributed by atoms with E-state index in [4.69, 9.17) is 14.2 Å². The number of hydrogen-bond donors (Lipinski definition) is 0. The van der Waals surface area contributed by atoms with Crippen LogP contribution in [-0.4, -0.2) is 38.9 Å². The molecule has 0 radical (unpaired) electrons. The van der Waals surface area contributed by atoms with Gasteiger partial charge in [0.2, 0.25) is 0 Å². The van der Waals surface area contributed by atoms with Crippen molar-refractivity contribution in [1.82, 2.24) is 0 Å². The van der Waals surface area contributed by atoms with Crippen molar-refractivity contribution in [3.8, 4) is 0 Å². The van der Waals surface area contributed by atoms with E-state index in [1.165, 1.54) is 0 Å². The van der Waals surface area contributed by atoms with Crippen LogP contribution >= 0.6 is 0 Å². The van der Waals surface area contributed by atoms with Crippen LogP contribution < -0.4 is 0 Å². The van der Waals surface area contributed by atoms with Crippen molar-refractivity contribution in [3.05, 3.63) is 0 Å². The van der Waals surface area contributed by atoms with Gasteiger partial charge in [0.05, 0.1) is 13.2 Å². The van der Waals surface area contributed by atoms with Gasteiger partial charge in [0.1, 0.15) is 0 Å². The number of carbonyl (C=O) groups is 2. The van der Waals surface area contributed by atoms with Crippen LogP contribution in [0.15, 0.2) is 0 Å². The van der Waals surface area contributed by atoms with Crippen LogP contribution in [-0.2, 0) is 23.8 Å². The lowest BCUT2D eigenvalue weighted by molar-refractivity contribution is -0.146. The van der Waals surface area contributed by atoms with E-state index in [0.29, 0.717) is 44.5 Å². The highest BCUT2D eigenvalue weighted by Gasteiger charge is 2.07. The maximum Gasteiger partial charge on any atom is 0.305 e. The highest BCUT2D eigenvalue weighted by Crippen LogP contribution is 2.10. The molecule has 0 aromatic carbocycles. The average Bonchev–Trinajstić information content (AvgIpc) is 2.58. The van der Waals surface area contributed by atoms with Crippen molar-refractivity contribution < 1.29 is 23.8 Å². The molecule has 0 saturated carbocycles. The molecule has 0 aliphatic rings. The molecule has 25 heavy (non-hydrogen) atoms. The van der Waals surface area contributed by atoms with Crippen molar-refractivity contribution in [2.45, 2.75) is 78.6 Å². The summed E-state index contributed by atoms with van der Waals surface area (Å²) in [5.41, 5.74) is 0. The zero-order valence-corrected chi connectivity index (χ0v) is 16.7. The van der Waals surface area contributed by atoms with Crippen molar-refractivity contribution >= 4 is 11.9 Å². The van der Waals surface area contributed by atoms with Gasteiger partial charge in [0.15, 0.2) is 0 Å².